The van der Waals surface area contributed by atoms with E-state index in [4.69, 9.17) is 9.26 Å². The fourth-order valence-corrected chi connectivity index (χ4v) is 2.48. The molecule has 1 aromatic heterocycles. The third-order valence-electron chi connectivity index (χ3n) is 3.83. The van der Waals surface area contributed by atoms with Gasteiger partial charge >= 0.3 is 0 Å². The number of benzene rings is 2. The molecule has 6 heteroatoms. The highest BCUT2D eigenvalue weighted by molar-refractivity contribution is 5.80. The van der Waals surface area contributed by atoms with Crippen LogP contribution in [0.2, 0.25) is 0 Å². The summed E-state index contributed by atoms with van der Waals surface area (Å²) < 4.78 is 10.9. The van der Waals surface area contributed by atoms with Gasteiger partial charge in [-0.25, -0.2) is 0 Å². The molecule has 1 heterocycles. The molecule has 0 aliphatic heterocycles. The van der Waals surface area contributed by atoms with Gasteiger partial charge in [0.25, 0.3) is 5.91 Å². The highest BCUT2D eigenvalue weighted by atomic mass is 16.5. The maximum absolute atomic E-state index is 12.2. The number of hydrogen-bond donors (Lipinski definition) is 1. The molecule has 3 aromatic rings. The number of ether oxygens (including phenoxy) is 1. The molecule has 1 N–H and O–H groups in total. The first-order valence-corrected chi connectivity index (χ1v) is 8.42. The van der Waals surface area contributed by atoms with Crippen molar-refractivity contribution in [3.63, 3.8) is 0 Å². The van der Waals surface area contributed by atoms with Crippen LogP contribution in [0.5, 0.6) is 5.75 Å². The smallest absolute Gasteiger partial charge is 0.261 e. The Labute approximate surface area is 152 Å². The number of hydrogen-bond acceptors (Lipinski definition) is 5. The Kier molecular flexibility index (Phi) is 5.31. The Morgan fingerprint density at radius 1 is 1.15 bits per heavy atom. The number of amides is 1. The summed E-state index contributed by atoms with van der Waals surface area (Å²) in [5.74, 6) is 1.26. The van der Waals surface area contributed by atoms with Crippen LogP contribution in [0.3, 0.4) is 0 Å². The highest BCUT2D eigenvalue weighted by Crippen LogP contribution is 2.17. The molecule has 0 aliphatic rings. The second kappa shape index (κ2) is 7.82. The molecular formula is C20H21N3O3. The van der Waals surface area contributed by atoms with E-state index in [1.807, 2.05) is 62.4 Å². The minimum atomic E-state index is -0.629. The Hall–Kier alpha value is -3.15. The summed E-state index contributed by atoms with van der Waals surface area (Å²) in [7, 11) is 0. The third-order valence-corrected chi connectivity index (χ3v) is 3.83. The predicted octanol–water partition coefficient (Wildman–Crippen LogP) is 3.44. The fraction of sp³-hybridized carbons (Fsp3) is 0.250. The minimum Gasteiger partial charge on any atom is -0.481 e. The van der Waals surface area contributed by atoms with E-state index in [0.717, 1.165) is 16.7 Å². The van der Waals surface area contributed by atoms with Crippen molar-refractivity contribution in [2.24, 2.45) is 0 Å². The number of nitrogens with zero attached hydrogens (tertiary/aromatic N) is 2. The molecule has 1 amide bonds. The zero-order valence-corrected chi connectivity index (χ0v) is 15.0. The number of carbonyl (C=O) groups excluding carboxylic acids is 1. The Bertz CT molecular complexity index is 905. The van der Waals surface area contributed by atoms with Gasteiger partial charge in [0.05, 0.1) is 6.54 Å². The van der Waals surface area contributed by atoms with Gasteiger partial charge < -0.3 is 14.6 Å². The second-order valence-corrected chi connectivity index (χ2v) is 6.18. The Morgan fingerprint density at radius 3 is 2.62 bits per heavy atom. The van der Waals surface area contributed by atoms with Gasteiger partial charge in [-0.05, 0) is 44.5 Å². The van der Waals surface area contributed by atoms with Crippen LogP contribution in [0.25, 0.3) is 11.4 Å². The van der Waals surface area contributed by atoms with Crippen molar-refractivity contribution >= 4 is 5.91 Å². The molecule has 0 aliphatic carbocycles. The summed E-state index contributed by atoms with van der Waals surface area (Å²) in [6.07, 6.45) is -0.629. The van der Waals surface area contributed by atoms with Crippen molar-refractivity contribution in [3.05, 3.63) is 65.5 Å². The maximum atomic E-state index is 12.2. The zero-order valence-electron chi connectivity index (χ0n) is 15.0. The fourth-order valence-electron chi connectivity index (χ4n) is 2.48. The second-order valence-electron chi connectivity index (χ2n) is 6.18. The summed E-state index contributed by atoms with van der Waals surface area (Å²) in [6, 6.07) is 15.4. The van der Waals surface area contributed by atoms with Gasteiger partial charge in [-0.3, -0.25) is 4.79 Å². The molecule has 0 bridgehead atoms. The Morgan fingerprint density at radius 2 is 1.88 bits per heavy atom. The summed E-state index contributed by atoms with van der Waals surface area (Å²) in [5.41, 5.74) is 3.07. The molecule has 3 rings (SSSR count). The number of aromatic nitrogens is 2. The molecule has 26 heavy (non-hydrogen) atoms. The first-order valence-electron chi connectivity index (χ1n) is 8.42. The third kappa shape index (κ3) is 4.47. The zero-order chi connectivity index (χ0) is 18.5. The van der Waals surface area contributed by atoms with Crippen LogP contribution in [0, 0.1) is 13.8 Å². The number of rotatable bonds is 6. The van der Waals surface area contributed by atoms with E-state index in [-0.39, 0.29) is 12.5 Å². The molecule has 6 nitrogen and oxygen atoms in total. The highest BCUT2D eigenvalue weighted by Gasteiger charge is 2.16. The van der Waals surface area contributed by atoms with Crippen molar-refractivity contribution in [1.29, 1.82) is 0 Å². The van der Waals surface area contributed by atoms with Crippen molar-refractivity contribution in [2.45, 2.75) is 33.4 Å². The van der Waals surface area contributed by atoms with E-state index < -0.39 is 6.10 Å². The van der Waals surface area contributed by atoms with Crippen LogP contribution in [0.15, 0.2) is 53.1 Å². The quantitative estimate of drug-likeness (QED) is 0.736. The standard InChI is InChI=1S/C20H21N3O3/c1-13-6-4-8-16(10-13)19-22-18(26-23-19)12-21-20(24)15(3)25-17-9-5-7-14(2)11-17/h4-11,15H,12H2,1-3H3,(H,21,24)/t15-/m1/s1. The molecule has 1 atom stereocenters. The largest absolute Gasteiger partial charge is 0.481 e. The van der Waals surface area contributed by atoms with Gasteiger partial charge in [-0.2, -0.15) is 4.98 Å². The average Bonchev–Trinajstić information content (AvgIpc) is 3.08. The first-order chi connectivity index (χ1) is 12.5. The van der Waals surface area contributed by atoms with E-state index in [1.165, 1.54) is 0 Å². The predicted molar refractivity (Wildman–Crippen MR) is 97.6 cm³/mol. The van der Waals surface area contributed by atoms with Crippen LogP contribution in [-0.4, -0.2) is 22.2 Å². The van der Waals surface area contributed by atoms with Crippen molar-refractivity contribution < 1.29 is 14.1 Å². The van der Waals surface area contributed by atoms with Crippen molar-refractivity contribution in [2.75, 3.05) is 0 Å². The van der Waals surface area contributed by atoms with Gasteiger partial charge in [-0.1, -0.05) is 41.1 Å². The molecular weight excluding hydrogens is 330 g/mol. The minimum absolute atomic E-state index is 0.152. The van der Waals surface area contributed by atoms with E-state index in [2.05, 4.69) is 15.5 Å². The summed E-state index contributed by atoms with van der Waals surface area (Å²) in [5, 5.41) is 6.71. The van der Waals surface area contributed by atoms with Crippen molar-refractivity contribution in [3.8, 4) is 17.1 Å². The van der Waals surface area contributed by atoms with Crippen LogP contribution in [0.1, 0.15) is 23.9 Å². The summed E-state index contributed by atoms with van der Waals surface area (Å²) in [6.45, 7) is 5.82. The number of aryl methyl sites for hydroxylation is 2. The van der Waals surface area contributed by atoms with Crippen LogP contribution < -0.4 is 10.1 Å². The van der Waals surface area contributed by atoms with Crippen molar-refractivity contribution in [1.82, 2.24) is 15.5 Å². The maximum Gasteiger partial charge on any atom is 0.261 e. The average molecular weight is 351 g/mol. The normalized spacial score (nSPS) is 11.8. The van der Waals surface area contributed by atoms with E-state index >= 15 is 0 Å². The van der Waals surface area contributed by atoms with Crippen LogP contribution in [-0.2, 0) is 11.3 Å². The van der Waals surface area contributed by atoms with Gasteiger partial charge in [0, 0.05) is 5.56 Å². The lowest BCUT2D eigenvalue weighted by Crippen LogP contribution is -2.36. The van der Waals surface area contributed by atoms with Crippen LogP contribution in [0.4, 0.5) is 0 Å². The number of nitrogens with one attached hydrogen (secondary N) is 1. The molecule has 0 saturated heterocycles. The number of carbonyl (C=O) groups is 1. The first kappa shape index (κ1) is 17.7. The monoisotopic (exact) mass is 351 g/mol. The summed E-state index contributed by atoms with van der Waals surface area (Å²) in [4.78, 5) is 16.5. The lowest BCUT2D eigenvalue weighted by molar-refractivity contribution is -0.127. The van der Waals surface area contributed by atoms with Gasteiger partial charge in [0.15, 0.2) is 6.10 Å². The summed E-state index contributed by atoms with van der Waals surface area (Å²) >= 11 is 0. The molecule has 0 fully saturated rings. The van der Waals surface area contributed by atoms with E-state index in [0.29, 0.717) is 17.5 Å². The Balaban J connectivity index is 1.56. The molecule has 2 aromatic carbocycles. The van der Waals surface area contributed by atoms with Crippen LogP contribution >= 0.6 is 0 Å². The lowest BCUT2D eigenvalue weighted by Gasteiger charge is -2.14. The SMILES string of the molecule is Cc1cccc(O[C@H](C)C(=O)NCc2nc(-c3cccc(C)c3)no2)c1. The molecule has 0 unspecified atom stereocenters. The van der Waals surface area contributed by atoms with E-state index in [9.17, 15) is 4.79 Å². The molecule has 134 valence electrons. The topological polar surface area (TPSA) is 77.2 Å². The lowest BCUT2D eigenvalue weighted by atomic mass is 10.1. The van der Waals surface area contributed by atoms with Gasteiger partial charge in [-0.15, -0.1) is 0 Å². The van der Waals surface area contributed by atoms with E-state index in [1.54, 1.807) is 6.92 Å². The van der Waals surface area contributed by atoms with Gasteiger partial charge in [0.1, 0.15) is 5.75 Å². The molecule has 0 radical (unpaired) electrons. The van der Waals surface area contributed by atoms with Gasteiger partial charge in [0.2, 0.25) is 11.7 Å². The molecule has 0 spiro atoms. The molecule has 0 saturated carbocycles.